The third kappa shape index (κ3) is 5.32. The minimum Gasteiger partial charge on any atom is -0.497 e. The number of nitrogens with one attached hydrogen (secondary N) is 3. The molecule has 10 nitrogen and oxygen atoms in total. The Labute approximate surface area is 181 Å². The number of anilines is 3. The highest BCUT2D eigenvalue weighted by Gasteiger charge is 2.38. The first-order valence-electron chi connectivity index (χ1n) is 10.1. The lowest BCUT2D eigenvalue weighted by Gasteiger charge is -2.46. The molecule has 2 aromatic rings. The van der Waals surface area contributed by atoms with Gasteiger partial charge in [0.15, 0.2) is 0 Å². The third-order valence-electron chi connectivity index (χ3n) is 5.20. The van der Waals surface area contributed by atoms with E-state index in [0.29, 0.717) is 17.2 Å². The molecule has 1 aliphatic heterocycles. The molecule has 1 saturated heterocycles. The Hall–Kier alpha value is -3.14. The van der Waals surface area contributed by atoms with Crippen molar-refractivity contribution in [1.29, 1.82) is 0 Å². The summed E-state index contributed by atoms with van der Waals surface area (Å²) in [7, 11) is 3.07. The Kier molecular flexibility index (Phi) is 6.21. The fourth-order valence-corrected chi connectivity index (χ4v) is 4.40. The van der Waals surface area contributed by atoms with Crippen LogP contribution >= 0.6 is 0 Å². The second-order valence-electron chi connectivity index (χ2n) is 9.01. The molecule has 0 amide bonds. The van der Waals surface area contributed by atoms with Gasteiger partial charge in [-0.2, -0.15) is 0 Å². The molecule has 2 heterocycles. The van der Waals surface area contributed by atoms with Crippen LogP contribution < -0.4 is 25.4 Å². The zero-order chi connectivity index (χ0) is 22.8. The molecule has 168 valence electrons. The van der Waals surface area contributed by atoms with E-state index in [-0.39, 0.29) is 34.4 Å². The molecule has 0 atom stereocenters. The number of ether oxygens (including phenoxy) is 2. The van der Waals surface area contributed by atoms with E-state index in [2.05, 4.69) is 53.6 Å². The van der Waals surface area contributed by atoms with Crippen LogP contribution in [0, 0.1) is 10.1 Å². The molecule has 10 heteroatoms. The number of rotatable bonds is 7. The van der Waals surface area contributed by atoms with E-state index >= 15 is 0 Å². The molecule has 1 aromatic heterocycles. The lowest BCUT2D eigenvalue weighted by Crippen LogP contribution is -2.60. The summed E-state index contributed by atoms with van der Waals surface area (Å²) in [5, 5.41) is 21.9. The van der Waals surface area contributed by atoms with Gasteiger partial charge in [-0.25, -0.2) is 9.97 Å². The molecule has 0 radical (unpaired) electrons. The summed E-state index contributed by atoms with van der Waals surface area (Å²) in [6.07, 6.45) is 2.91. The predicted octanol–water partition coefficient (Wildman–Crippen LogP) is 3.87. The normalized spacial score (nSPS) is 17.6. The van der Waals surface area contributed by atoms with Crippen molar-refractivity contribution in [1.82, 2.24) is 15.3 Å². The largest absolute Gasteiger partial charge is 0.497 e. The van der Waals surface area contributed by atoms with Crippen molar-refractivity contribution in [2.45, 2.75) is 57.7 Å². The van der Waals surface area contributed by atoms with E-state index in [0.717, 1.165) is 12.8 Å². The number of nitro groups is 1. The minimum absolute atomic E-state index is 0.0169. The number of hydrogen-bond donors (Lipinski definition) is 3. The highest BCUT2D eigenvalue weighted by atomic mass is 16.6. The Balaban J connectivity index is 1.93. The fraction of sp³-hybridized carbons (Fsp3) is 0.524. The van der Waals surface area contributed by atoms with E-state index in [9.17, 15) is 10.1 Å². The number of methoxy groups -OCH3 is 2. The summed E-state index contributed by atoms with van der Waals surface area (Å²) >= 11 is 0. The molecule has 3 N–H and O–H groups in total. The van der Waals surface area contributed by atoms with Gasteiger partial charge in [0.1, 0.15) is 17.8 Å². The van der Waals surface area contributed by atoms with Gasteiger partial charge in [-0.3, -0.25) is 10.1 Å². The summed E-state index contributed by atoms with van der Waals surface area (Å²) in [4.78, 5) is 19.8. The van der Waals surface area contributed by atoms with Gasteiger partial charge in [0, 0.05) is 23.2 Å². The number of piperidine rings is 1. The quantitative estimate of drug-likeness (QED) is 0.443. The van der Waals surface area contributed by atoms with Gasteiger partial charge >= 0.3 is 5.69 Å². The summed E-state index contributed by atoms with van der Waals surface area (Å²) in [5.74, 6) is 1.36. The monoisotopic (exact) mass is 430 g/mol. The molecule has 3 rings (SSSR count). The standard InChI is InChI=1S/C21H30N6O4/c1-20(2)10-13(11-21(3,4)26-20)24-18-17(27(28)29)19(23-12-22-18)25-15-8-7-14(30-5)9-16(15)31-6/h7-9,12-13,26H,10-11H2,1-6H3,(H2,22,23,24,25). The average Bonchev–Trinajstić information content (AvgIpc) is 2.65. The van der Waals surface area contributed by atoms with Crippen LogP contribution in [0.5, 0.6) is 11.5 Å². The van der Waals surface area contributed by atoms with Gasteiger partial charge in [-0.15, -0.1) is 0 Å². The Bertz CT molecular complexity index is 947. The van der Waals surface area contributed by atoms with Crippen LogP contribution in [0.2, 0.25) is 0 Å². The first kappa shape index (κ1) is 22.5. The van der Waals surface area contributed by atoms with E-state index in [1.165, 1.54) is 13.4 Å². The zero-order valence-electron chi connectivity index (χ0n) is 18.8. The summed E-state index contributed by atoms with van der Waals surface area (Å²) in [5.41, 5.74) is 0.0899. The summed E-state index contributed by atoms with van der Waals surface area (Å²) < 4.78 is 10.6. The van der Waals surface area contributed by atoms with Crippen LogP contribution in [-0.4, -0.2) is 46.2 Å². The maximum atomic E-state index is 12.0. The number of hydrogen-bond acceptors (Lipinski definition) is 9. The van der Waals surface area contributed by atoms with Gasteiger partial charge in [0.05, 0.1) is 24.8 Å². The first-order chi connectivity index (χ1) is 14.5. The zero-order valence-corrected chi connectivity index (χ0v) is 18.8. The van der Waals surface area contributed by atoms with E-state index in [4.69, 9.17) is 9.47 Å². The highest BCUT2D eigenvalue weighted by Crippen LogP contribution is 2.37. The van der Waals surface area contributed by atoms with Crippen molar-refractivity contribution in [2.24, 2.45) is 0 Å². The lowest BCUT2D eigenvalue weighted by molar-refractivity contribution is -0.383. The van der Waals surface area contributed by atoms with Gasteiger partial charge in [-0.05, 0) is 52.7 Å². The Morgan fingerprint density at radius 1 is 1.10 bits per heavy atom. The SMILES string of the molecule is COc1ccc(Nc2ncnc(NC3CC(C)(C)NC(C)(C)C3)c2[N+](=O)[O-])c(OC)c1. The van der Waals surface area contributed by atoms with Crippen LogP contribution in [0.15, 0.2) is 24.5 Å². The predicted molar refractivity (Wildman–Crippen MR) is 119 cm³/mol. The smallest absolute Gasteiger partial charge is 0.353 e. The van der Waals surface area contributed by atoms with E-state index in [1.54, 1.807) is 25.3 Å². The number of aromatic nitrogens is 2. The highest BCUT2D eigenvalue weighted by molar-refractivity contribution is 5.76. The summed E-state index contributed by atoms with van der Waals surface area (Å²) in [6.45, 7) is 8.50. The molecular formula is C21H30N6O4. The molecular weight excluding hydrogens is 400 g/mol. The minimum atomic E-state index is -0.474. The van der Waals surface area contributed by atoms with Gasteiger partial charge in [0.2, 0.25) is 11.6 Å². The van der Waals surface area contributed by atoms with Gasteiger partial charge in [0.25, 0.3) is 0 Å². The molecule has 0 aliphatic carbocycles. The van der Waals surface area contributed by atoms with Crippen molar-refractivity contribution in [3.63, 3.8) is 0 Å². The fourth-order valence-electron chi connectivity index (χ4n) is 4.40. The van der Waals surface area contributed by atoms with Gasteiger partial charge in [-0.1, -0.05) is 0 Å². The van der Waals surface area contributed by atoms with Gasteiger partial charge < -0.3 is 25.4 Å². The van der Waals surface area contributed by atoms with E-state index < -0.39 is 4.92 Å². The molecule has 0 saturated carbocycles. The topological polar surface area (TPSA) is 123 Å². The molecule has 0 bridgehead atoms. The lowest BCUT2D eigenvalue weighted by atomic mass is 9.79. The van der Waals surface area contributed by atoms with Crippen molar-refractivity contribution >= 4 is 23.0 Å². The Morgan fingerprint density at radius 3 is 2.32 bits per heavy atom. The molecule has 0 spiro atoms. The molecule has 31 heavy (non-hydrogen) atoms. The first-order valence-corrected chi connectivity index (χ1v) is 10.1. The third-order valence-corrected chi connectivity index (χ3v) is 5.20. The molecule has 1 fully saturated rings. The molecule has 1 aliphatic rings. The maximum Gasteiger partial charge on any atom is 0.353 e. The number of nitrogens with zero attached hydrogens (tertiary/aromatic N) is 3. The van der Waals surface area contributed by atoms with Crippen LogP contribution in [0.4, 0.5) is 23.0 Å². The molecule has 0 unspecified atom stereocenters. The van der Waals surface area contributed by atoms with E-state index in [1.807, 2.05) is 0 Å². The molecule has 1 aromatic carbocycles. The maximum absolute atomic E-state index is 12.0. The van der Waals surface area contributed by atoms with Crippen LogP contribution in [0.3, 0.4) is 0 Å². The van der Waals surface area contributed by atoms with Crippen molar-refractivity contribution in [3.05, 3.63) is 34.6 Å². The Morgan fingerprint density at radius 2 is 1.74 bits per heavy atom. The average molecular weight is 431 g/mol. The number of benzene rings is 1. The second-order valence-corrected chi connectivity index (χ2v) is 9.01. The summed E-state index contributed by atoms with van der Waals surface area (Å²) in [6, 6.07) is 5.15. The van der Waals surface area contributed by atoms with Crippen LogP contribution in [0.1, 0.15) is 40.5 Å². The van der Waals surface area contributed by atoms with Crippen LogP contribution in [0.25, 0.3) is 0 Å². The van der Waals surface area contributed by atoms with Crippen molar-refractivity contribution in [3.8, 4) is 11.5 Å². The van der Waals surface area contributed by atoms with Crippen LogP contribution in [-0.2, 0) is 0 Å². The van der Waals surface area contributed by atoms with Crippen molar-refractivity contribution in [2.75, 3.05) is 24.9 Å². The second kappa shape index (κ2) is 8.54. The van der Waals surface area contributed by atoms with Crippen molar-refractivity contribution < 1.29 is 14.4 Å².